The highest BCUT2D eigenvalue weighted by atomic mass is 16.3. The van der Waals surface area contributed by atoms with Crippen LogP contribution < -0.4 is 0 Å². The normalized spacial score (nSPS) is 13.1. The molecule has 0 bridgehead atoms. The highest BCUT2D eigenvalue weighted by Crippen LogP contribution is 2.37. The lowest BCUT2D eigenvalue weighted by Crippen LogP contribution is -2.21. The van der Waals surface area contributed by atoms with Crippen LogP contribution in [0.4, 0.5) is 0 Å². The number of fused-ring (bicyclic) bond motifs is 4. The number of phenolic OH excluding ortho intramolecular Hbond substituents is 2. The Bertz CT molecular complexity index is 1480. The van der Waals surface area contributed by atoms with Crippen molar-refractivity contribution in [2.24, 2.45) is 0 Å². The summed E-state index contributed by atoms with van der Waals surface area (Å²) in [5, 5.41) is 28.8. The molecule has 6 rings (SSSR count). The van der Waals surface area contributed by atoms with Gasteiger partial charge >= 0.3 is 0 Å². The molecule has 3 N–H and O–H groups in total. The lowest BCUT2D eigenvalue weighted by atomic mass is 9.82. The summed E-state index contributed by atoms with van der Waals surface area (Å²) in [6.45, 7) is -0.352. The van der Waals surface area contributed by atoms with E-state index in [2.05, 4.69) is 0 Å². The van der Waals surface area contributed by atoms with Crippen molar-refractivity contribution in [3.05, 3.63) is 129 Å². The summed E-state index contributed by atoms with van der Waals surface area (Å²) in [5.41, 5.74) is 4.23. The number of benzene rings is 4. The van der Waals surface area contributed by atoms with Gasteiger partial charge in [-0.1, -0.05) is 60.7 Å². The summed E-state index contributed by atoms with van der Waals surface area (Å²) in [6, 6.07) is 22.5. The SMILES string of the molecule is O=C1c2cccc(O)c2C(=O)c2c(O)cc(CO)cc21.O=C1c2ccccc2Cc2ccccc21. The van der Waals surface area contributed by atoms with Crippen LogP contribution in [0, 0.1) is 0 Å². The van der Waals surface area contributed by atoms with E-state index in [9.17, 15) is 24.6 Å². The molecular formula is C29H20O6. The molecule has 2 aliphatic rings. The zero-order valence-corrected chi connectivity index (χ0v) is 18.5. The molecule has 172 valence electrons. The molecule has 0 unspecified atom stereocenters. The fourth-order valence-corrected chi connectivity index (χ4v) is 4.57. The number of carbonyl (C=O) groups excluding carboxylic acids is 3. The topological polar surface area (TPSA) is 112 Å². The molecule has 0 atom stereocenters. The molecule has 4 aromatic rings. The second kappa shape index (κ2) is 8.66. The molecule has 0 aromatic heterocycles. The predicted molar refractivity (Wildman–Crippen MR) is 128 cm³/mol. The van der Waals surface area contributed by atoms with Crippen LogP contribution in [0.15, 0.2) is 78.9 Å². The number of hydrogen-bond donors (Lipinski definition) is 3. The summed E-state index contributed by atoms with van der Waals surface area (Å²) in [7, 11) is 0. The molecule has 0 radical (unpaired) electrons. The van der Waals surface area contributed by atoms with Gasteiger partial charge in [0.15, 0.2) is 11.6 Å². The van der Waals surface area contributed by atoms with Gasteiger partial charge in [0.1, 0.15) is 11.5 Å². The first-order chi connectivity index (χ1) is 16.9. The molecule has 0 heterocycles. The molecule has 0 aliphatic heterocycles. The standard InChI is InChI=1S/C15H10O5.C14H10O/c16-6-7-4-9-13(11(18)5-7)15(20)12-8(14(9)19)2-1-3-10(12)17;15-14-12-7-3-1-5-10(12)9-11-6-2-4-8-13(11)14/h1-5,16-18H,6H2;1-8H,9H2. The summed E-state index contributed by atoms with van der Waals surface area (Å²) in [4.78, 5) is 36.8. The van der Waals surface area contributed by atoms with Crippen molar-refractivity contribution in [2.45, 2.75) is 13.0 Å². The zero-order valence-electron chi connectivity index (χ0n) is 18.5. The molecule has 0 spiro atoms. The highest BCUT2D eigenvalue weighted by molar-refractivity contribution is 6.30. The fourth-order valence-electron chi connectivity index (χ4n) is 4.57. The number of ketones is 3. The maximum absolute atomic E-state index is 12.4. The maximum Gasteiger partial charge on any atom is 0.201 e. The van der Waals surface area contributed by atoms with Crippen molar-refractivity contribution >= 4 is 17.3 Å². The number of hydrogen-bond acceptors (Lipinski definition) is 6. The average molecular weight is 464 g/mol. The van der Waals surface area contributed by atoms with Crippen LogP contribution in [0.1, 0.15) is 64.5 Å². The van der Waals surface area contributed by atoms with E-state index in [-0.39, 0.29) is 46.1 Å². The Morgan fingerprint density at radius 1 is 0.571 bits per heavy atom. The summed E-state index contributed by atoms with van der Waals surface area (Å²) >= 11 is 0. The van der Waals surface area contributed by atoms with E-state index in [1.54, 1.807) is 0 Å². The number of aliphatic hydroxyl groups is 1. The third-order valence-electron chi connectivity index (χ3n) is 6.25. The second-order valence-corrected chi connectivity index (χ2v) is 8.37. The number of rotatable bonds is 1. The van der Waals surface area contributed by atoms with Crippen LogP contribution >= 0.6 is 0 Å². The minimum absolute atomic E-state index is 0.0390. The molecule has 0 saturated heterocycles. The van der Waals surface area contributed by atoms with Crippen molar-refractivity contribution < 1.29 is 29.7 Å². The van der Waals surface area contributed by atoms with E-state index in [1.165, 1.54) is 30.3 Å². The van der Waals surface area contributed by atoms with Crippen molar-refractivity contribution in [1.29, 1.82) is 0 Å². The number of aromatic hydroxyl groups is 2. The van der Waals surface area contributed by atoms with E-state index in [0.29, 0.717) is 5.56 Å². The molecule has 4 aromatic carbocycles. The van der Waals surface area contributed by atoms with Gasteiger partial charge in [-0.15, -0.1) is 0 Å². The molecule has 6 nitrogen and oxygen atoms in total. The minimum atomic E-state index is -0.602. The van der Waals surface area contributed by atoms with Crippen LogP contribution in [0.3, 0.4) is 0 Å². The Morgan fingerprint density at radius 3 is 1.74 bits per heavy atom. The molecule has 6 heteroatoms. The van der Waals surface area contributed by atoms with Crippen LogP contribution in [0.25, 0.3) is 0 Å². The quantitative estimate of drug-likeness (QED) is 0.337. The summed E-state index contributed by atoms with van der Waals surface area (Å²) in [6.07, 6.45) is 0.873. The molecule has 0 fully saturated rings. The molecule has 35 heavy (non-hydrogen) atoms. The van der Waals surface area contributed by atoms with Gasteiger partial charge in [-0.2, -0.15) is 0 Å². The van der Waals surface area contributed by atoms with Gasteiger partial charge in [0.05, 0.1) is 17.7 Å². The van der Waals surface area contributed by atoms with Gasteiger partial charge in [0.25, 0.3) is 0 Å². The van der Waals surface area contributed by atoms with Crippen molar-refractivity contribution in [2.75, 3.05) is 0 Å². The third-order valence-corrected chi connectivity index (χ3v) is 6.25. The van der Waals surface area contributed by atoms with Crippen LogP contribution in [-0.4, -0.2) is 32.7 Å². The first kappa shape index (κ1) is 22.3. The first-order valence-corrected chi connectivity index (χ1v) is 11.0. The number of carbonyl (C=O) groups is 3. The van der Waals surface area contributed by atoms with Gasteiger partial charge in [-0.3, -0.25) is 14.4 Å². The lowest BCUT2D eigenvalue weighted by molar-refractivity contribution is 0.0974. The van der Waals surface area contributed by atoms with E-state index < -0.39 is 11.6 Å². The second-order valence-electron chi connectivity index (χ2n) is 8.37. The van der Waals surface area contributed by atoms with Crippen LogP contribution in [0.5, 0.6) is 11.5 Å². The summed E-state index contributed by atoms with van der Waals surface area (Å²) < 4.78 is 0. The van der Waals surface area contributed by atoms with Gasteiger partial charge < -0.3 is 15.3 Å². The average Bonchev–Trinajstić information content (AvgIpc) is 2.87. The molecule has 0 saturated carbocycles. The molecule has 0 amide bonds. The van der Waals surface area contributed by atoms with Crippen LogP contribution in [-0.2, 0) is 13.0 Å². The van der Waals surface area contributed by atoms with Gasteiger partial charge in [0.2, 0.25) is 5.78 Å². The molecular weight excluding hydrogens is 444 g/mol. The highest BCUT2D eigenvalue weighted by Gasteiger charge is 2.34. The Labute approximate surface area is 200 Å². The Kier molecular flexibility index (Phi) is 5.51. The van der Waals surface area contributed by atoms with Gasteiger partial charge in [-0.25, -0.2) is 0 Å². The smallest absolute Gasteiger partial charge is 0.201 e. The number of phenols is 2. The maximum atomic E-state index is 12.4. The number of aliphatic hydroxyl groups excluding tert-OH is 1. The monoisotopic (exact) mass is 464 g/mol. The minimum Gasteiger partial charge on any atom is -0.507 e. The van der Waals surface area contributed by atoms with E-state index in [1.807, 2.05) is 48.5 Å². The zero-order chi connectivity index (χ0) is 24.7. The Hall–Kier alpha value is -4.55. The van der Waals surface area contributed by atoms with Crippen molar-refractivity contribution in [3.63, 3.8) is 0 Å². The van der Waals surface area contributed by atoms with Crippen molar-refractivity contribution in [1.82, 2.24) is 0 Å². The van der Waals surface area contributed by atoms with Crippen LogP contribution in [0.2, 0.25) is 0 Å². The fraction of sp³-hybridized carbons (Fsp3) is 0.0690. The van der Waals surface area contributed by atoms with E-state index in [0.717, 1.165) is 28.7 Å². The summed E-state index contributed by atoms with van der Waals surface area (Å²) in [5.74, 6) is -1.57. The lowest BCUT2D eigenvalue weighted by Gasteiger charge is -2.19. The third kappa shape index (κ3) is 3.70. The van der Waals surface area contributed by atoms with E-state index in [4.69, 9.17) is 5.11 Å². The molecule has 2 aliphatic carbocycles. The van der Waals surface area contributed by atoms with Gasteiger partial charge in [-0.05, 0) is 41.3 Å². The Balaban J connectivity index is 0.000000151. The predicted octanol–water partition coefficient (Wildman–Crippen LogP) is 4.19. The van der Waals surface area contributed by atoms with Crippen molar-refractivity contribution in [3.8, 4) is 11.5 Å². The van der Waals surface area contributed by atoms with E-state index >= 15 is 0 Å². The van der Waals surface area contributed by atoms with Gasteiger partial charge in [0, 0.05) is 22.3 Å². The Morgan fingerprint density at radius 2 is 1.11 bits per heavy atom. The largest absolute Gasteiger partial charge is 0.507 e. The first-order valence-electron chi connectivity index (χ1n) is 11.0.